The van der Waals surface area contributed by atoms with Gasteiger partial charge >= 0.3 is 5.97 Å². The molecule has 22 heavy (non-hydrogen) atoms. The van der Waals surface area contributed by atoms with Gasteiger partial charge in [0, 0.05) is 7.11 Å². The molecule has 0 N–H and O–H groups in total. The molecule has 1 aromatic carbocycles. The molecule has 1 atom stereocenters. The van der Waals surface area contributed by atoms with Crippen molar-refractivity contribution in [3.05, 3.63) is 29.8 Å². The molecular formula is C17H26O5. The number of hydrogen-bond acceptors (Lipinski definition) is 5. The maximum absolute atomic E-state index is 11.7. The number of carbonyl (C=O) groups excluding carboxylic acids is 1. The molecule has 124 valence electrons. The average Bonchev–Trinajstić information content (AvgIpc) is 2.43. The molecule has 0 saturated carbocycles. The Morgan fingerprint density at radius 2 is 1.77 bits per heavy atom. The lowest BCUT2D eigenvalue weighted by molar-refractivity contribution is -0.153. The molecule has 5 nitrogen and oxygen atoms in total. The fourth-order valence-corrected chi connectivity index (χ4v) is 1.69. The maximum Gasteiger partial charge on any atom is 0.310 e. The monoisotopic (exact) mass is 310 g/mol. The first-order valence-corrected chi connectivity index (χ1v) is 7.38. The van der Waals surface area contributed by atoms with Gasteiger partial charge in [-0.3, -0.25) is 4.79 Å². The van der Waals surface area contributed by atoms with Gasteiger partial charge in [-0.05, 0) is 45.4 Å². The first kappa shape index (κ1) is 18.5. The van der Waals surface area contributed by atoms with E-state index in [9.17, 15) is 4.79 Å². The topological polar surface area (TPSA) is 54.0 Å². The summed E-state index contributed by atoms with van der Waals surface area (Å²) in [7, 11) is 1.59. The molecule has 0 fully saturated rings. The van der Waals surface area contributed by atoms with Crippen LogP contribution in [0.4, 0.5) is 0 Å². The van der Waals surface area contributed by atoms with Crippen molar-refractivity contribution in [2.45, 2.75) is 46.0 Å². The van der Waals surface area contributed by atoms with E-state index in [0.29, 0.717) is 13.2 Å². The Morgan fingerprint density at radius 1 is 1.14 bits per heavy atom. The number of ether oxygens (including phenoxy) is 4. The average molecular weight is 310 g/mol. The van der Waals surface area contributed by atoms with Gasteiger partial charge in [0.15, 0.2) is 6.29 Å². The third-order valence-electron chi connectivity index (χ3n) is 2.73. The Bertz CT molecular complexity index is 447. The molecule has 1 unspecified atom stereocenters. The first-order chi connectivity index (χ1) is 10.3. The Hall–Kier alpha value is -1.59. The van der Waals surface area contributed by atoms with Crippen molar-refractivity contribution in [3.8, 4) is 5.75 Å². The van der Waals surface area contributed by atoms with Crippen LogP contribution in [0.5, 0.6) is 5.75 Å². The highest BCUT2D eigenvalue weighted by Gasteiger charge is 2.16. The second-order valence-electron chi connectivity index (χ2n) is 5.93. The van der Waals surface area contributed by atoms with Gasteiger partial charge in [0.05, 0.1) is 13.0 Å². The summed E-state index contributed by atoms with van der Waals surface area (Å²) in [5.74, 6) is 0.504. The molecule has 1 rings (SSSR count). The largest absolute Gasteiger partial charge is 0.491 e. The van der Waals surface area contributed by atoms with Crippen LogP contribution in [0.25, 0.3) is 0 Å². The van der Waals surface area contributed by atoms with Gasteiger partial charge in [0.25, 0.3) is 0 Å². The summed E-state index contributed by atoms with van der Waals surface area (Å²) < 4.78 is 21.1. The summed E-state index contributed by atoms with van der Waals surface area (Å²) in [4.78, 5) is 11.7. The summed E-state index contributed by atoms with van der Waals surface area (Å²) in [6, 6.07) is 7.38. The fraction of sp³-hybridized carbons (Fsp3) is 0.588. The van der Waals surface area contributed by atoms with Crippen LogP contribution in [0.1, 0.15) is 33.3 Å². The number of carbonyl (C=O) groups is 1. The molecule has 0 aromatic heterocycles. The zero-order valence-corrected chi connectivity index (χ0v) is 14.0. The third-order valence-corrected chi connectivity index (χ3v) is 2.73. The quantitative estimate of drug-likeness (QED) is 0.420. The molecule has 0 aliphatic rings. The molecule has 0 aliphatic heterocycles. The predicted molar refractivity (Wildman–Crippen MR) is 83.9 cm³/mol. The Morgan fingerprint density at radius 3 is 2.32 bits per heavy atom. The van der Waals surface area contributed by atoms with Crippen LogP contribution in [0.3, 0.4) is 0 Å². The van der Waals surface area contributed by atoms with Crippen molar-refractivity contribution in [1.29, 1.82) is 0 Å². The van der Waals surface area contributed by atoms with Crippen LogP contribution >= 0.6 is 0 Å². The highest BCUT2D eigenvalue weighted by Crippen LogP contribution is 2.14. The van der Waals surface area contributed by atoms with Crippen LogP contribution in [0.2, 0.25) is 0 Å². The molecule has 0 heterocycles. The van der Waals surface area contributed by atoms with Crippen LogP contribution in [-0.4, -0.2) is 38.2 Å². The van der Waals surface area contributed by atoms with Gasteiger partial charge in [0.2, 0.25) is 0 Å². The second kappa shape index (κ2) is 8.76. The first-order valence-electron chi connectivity index (χ1n) is 7.38. The molecule has 0 bridgehead atoms. The summed E-state index contributed by atoms with van der Waals surface area (Å²) in [6.07, 6.45) is 0.0197. The normalized spacial score (nSPS) is 12.8. The van der Waals surface area contributed by atoms with Crippen molar-refractivity contribution < 1.29 is 23.7 Å². The van der Waals surface area contributed by atoms with E-state index in [2.05, 4.69) is 0 Å². The number of rotatable bonds is 8. The molecule has 0 radical (unpaired) electrons. The van der Waals surface area contributed by atoms with Crippen molar-refractivity contribution in [2.75, 3.05) is 20.3 Å². The van der Waals surface area contributed by atoms with Crippen molar-refractivity contribution >= 4 is 5.97 Å². The number of hydrogen-bond donors (Lipinski definition) is 0. The van der Waals surface area contributed by atoms with Crippen LogP contribution in [-0.2, 0) is 25.4 Å². The molecule has 0 aliphatic carbocycles. The van der Waals surface area contributed by atoms with E-state index in [-0.39, 0.29) is 18.7 Å². The highest BCUT2D eigenvalue weighted by molar-refractivity contribution is 5.73. The molecule has 0 saturated heterocycles. The molecule has 1 aromatic rings. The smallest absolute Gasteiger partial charge is 0.310 e. The van der Waals surface area contributed by atoms with Gasteiger partial charge in [-0.15, -0.1) is 0 Å². The Balaban J connectivity index is 2.35. The summed E-state index contributed by atoms with van der Waals surface area (Å²) in [5, 5.41) is 0. The third kappa shape index (κ3) is 8.00. The van der Waals surface area contributed by atoms with E-state index in [1.807, 2.05) is 52.0 Å². The van der Waals surface area contributed by atoms with E-state index < -0.39 is 5.60 Å². The number of esters is 1. The van der Waals surface area contributed by atoms with Gasteiger partial charge in [-0.2, -0.15) is 0 Å². The molecule has 5 heteroatoms. The van der Waals surface area contributed by atoms with Crippen molar-refractivity contribution in [3.63, 3.8) is 0 Å². The van der Waals surface area contributed by atoms with Crippen LogP contribution in [0.15, 0.2) is 24.3 Å². The maximum atomic E-state index is 11.7. The highest BCUT2D eigenvalue weighted by atomic mass is 16.7. The number of methoxy groups -OCH3 is 1. The Kier molecular flexibility index (Phi) is 7.35. The lowest BCUT2D eigenvalue weighted by Gasteiger charge is -2.19. The van der Waals surface area contributed by atoms with E-state index >= 15 is 0 Å². The van der Waals surface area contributed by atoms with E-state index in [0.717, 1.165) is 11.3 Å². The molecular weight excluding hydrogens is 284 g/mol. The van der Waals surface area contributed by atoms with Gasteiger partial charge in [-0.1, -0.05) is 12.1 Å². The minimum atomic E-state index is -0.459. The summed E-state index contributed by atoms with van der Waals surface area (Å²) >= 11 is 0. The summed E-state index contributed by atoms with van der Waals surface area (Å²) in [6.45, 7) is 8.29. The second-order valence-corrected chi connectivity index (χ2v) is 5.93. The van der Waals surface area contributed by atoms with Gasteiger partial charge in [0.1, 0.15) is 18.0 Å². The zero-order valence-electron chi connectivity index (χ0n) is 14.0. The van der Waals surface area contributed by atoms with E-state index in [4.69, 9.17) is 18.9 Å². The summed E-state index contributed by atoms with van der Waals surface area (Å²) in [5.41, 5.74) is 0.435. The van der Waals surface area contributed by atoms with E-state index in [1.165, 1.54) is 0 Å². The van der Waals surface area contributed by atoms with Gasteiger partial charge < -0.3 is 18.9 Å². The SMILES string of the molecule is COC(C)OCCOc1ccc(CC(=O)OC(C)(C)C)cc1. The van der Waals surface area contributed by atoms with Crippen LogP contribution < -0.4 is 4.74 Å². The van der Waals surface area contributed by atoms with Gasteiger partial charge in [-0.25, -0.2) is 0 Å². The lowest BCUT2D eigenvalue weighted by Crippen LogP contribution is -2.24. The van der Waals surface area contributed by atoms with Crippen molar-refractivity contribution in [2.24, 2.45) is 0 Å². The minimum absolute atomic E-state index is 0.233. The number of benzene rings is 1. The van der Waals surface area contributed by atoms with Crippen LogP contribution in [0, 0.1) is 0 Å². The Labute approximate surface area is 132 Å². The predicted octanol–water partition coefficient (Wildman–Crippen LogP) is 2.96. The van der Waals surface area contributed by atoms with E-state index in [1.54, 1.807) is 7.11 Å². The van der Waals surface area contributed by atoms with Crippen molar-refractivity contribution in [1.82, 2.24) is 0 Å². The standard InChI is InChI=1S/C17H26O5/c1-13(19-5)20-10-11-21-15-8-6-14(7-9-15)12-16(18)22-17(2,3)4/h6-9,13H,10-12H2,1-5H3. The fourth-order valence-electron chi connectivity index (χ4n) is 1.69. The lowest BCUT2D eigenvalue weighted by atomic mass is 10.1. The minimum Gasteiger partial charge on any atom is -0.491 e. The molecule has 0 amide bonds. The molecule has 0 spiro atoms. The zero-order chi connectivity index (χ0) is 16.6.